The molecule has 3 heterocycles. The summed E-state index contributed by atoms with van der Waals surface area (Å²) >= 11 is 0. The van der Waals surface area contributed by atoms with Gasteiger partial charge < -0.3 is 24.3 Å². The number of fused-ring (bicyclic) bond motifs is 1. The number of ether oxygens (including phenoxy) is 4. The first-order chi connectivity index (χ1) is 19.9. The lowest BCUT2D eigenvalue weighted by Crippen LogP contribution is -2.32. The predicted octanol–water partition coefficient (Wildman–Crippen LogP) is 5.00. The fourth-order valence-electron chi connectivity index (χ4n) is 5.00. The molecule has 0 bridgehead atoms. The first-order valence-corrected chi connectivity index (χ1v) is 13.2. The SMILES string of the molecule is C=CCOC(=O)C1=C(C)NC(C)=C(C(=O)OCC=C)C1c1cn(-c2ccccc2)nc1-c1ccc2c(c1)OCCO2. The Morgan fingerprint density at radius 2 is 1.56 bits per heavy atom. The molecular weight excluding hydrogens is 522 g/mol. The summed E-state index contributed by atoms with van der Waals surface area (Å²) in [5.41, 5.74) is 4.36. The largest absolute Gasteiger partial charge is 0.486 e. The van der Waals surface area contributed by atoms with E-state index in [9.17, 15) is 9.59 Å². The molecule has 5 rings (SSSR count). The molecule has 0 fully saturated rings. The molecule has 9 nitrogen and oxygen atoms in total. The number of para-hydroxylation sites is 1. The van der Waals surface area contributed by atoms with Crippen LogP contribution in [-0.2, 0) is 19.1 Å². The summed E-state index contributed by atoms with van der Waals surface area (Å²) in [6.45, 7) is 11.8. The number of nitrogens with one attached hydrogen (secondary N) is 1. The Morgan fingerprint density at radius 1 is 0.951 bits per heavy atom. The van der Waals surface area contributed by atoms with Gasteiger partial charge in [0.2, 0.25) is 0 Å². The fraction of sp³-hybridized carbons (Fsp3) is 0.219. The average Bonchev–Trinajstić information content (AvgIpc) is 3.44. The molecule has 41 heavy (non-hydrogen) atoms. The number of rotatable bonds is 9. The summed E-state index contributed by atoms with van der Waals surface area (Å²) < 4.78 is 24.3. The van der Waals surface area contributed by atoms with Crippen molar-refractivity contribution in [2.24, 2.45) is 0 Å². The van der Waals surface area contributed by atoms with E-state index >= 15 is 0 Å². The third-order valence-electron chi connectivity index (χ3n) is 6.75. The zero-order valence-corrected chi connectivity index (χ0v) is 23.0. The monoisotopic (exact) mass is 553 g/mol. The van der Waals surface area contributed by atoms with Crippen LogP contribution in [0.4, 0.5) is 0 Å². The van der Waals surface area contributed by atoms with Crippen LogP contribution < -0.4 is 14.8 Å². The second kappa shape index (κ2) is 12.0. The van der Waals surface area contributed by atoms with Crippen molar-refractivity contribution >= 4 is 11.9 Å². The van der Waals surface area contributed by atoms with Crippen molar-refractivity contribution in [2.45, 2.75) is 19.8 Å². The van der Waals surface area contributed by atoms with Gasteiger partial charge in [-0.05, 0) is 44.2 Å². The molecule has 0 unspecified atom stereocenters. The van der Waals surface area contributed by atoms with Crippen LogP contribution >= 0.6 is 0 Å². The van der Waals surface area contributed by atoms with Crippen LogP contribution in [0, 0.1) is 0 Å². The van der Waals surface area contributed by atoms with E-state index < -0.39 is 17.9 Å². The maximum Gasteiger partial charge on any atom is 0.337 e. The topological polar surface area (TPSA) is 101 Å². The first kappa shape index (κ1) is 27.5. The zero-order valence-electron chi connectivity index (χ0n) is 23.0. The molecule has 2 aliphatic heterocycles. The Hall–Kier alpha value is -5.05. The number of carbonyl (C=O) groups excluding carboxylic acids is 2. The molecule has 9 heteroatoms. The maximum absolute atomic E-state index is 13.5. The minimum Gasteiger partial charge on any atom is -0.486 e. The van der Waals surface area contributed by atoms with Crippen molar-refractivity contribution in [3.63, 3.8) is 0 Å². The molecule has 1 aromatic heterocycles. The van der Waals surface area contributed by atoms with Crippen LogP contribution in [0.25, 0.3) is 16.9 Å². The molecule has 3 aromatic rings. The van der Waals surface area contributed by atoms with E-state index in [-0.39, 0.29) is 24.4 Å². The highest BCUT2D eigenvalue weighted by Gasteiger charge is 2.40. The lowest BCUT2D eigenvalue weighted by molar-refractivity contribution is -0.138. The summed E-state index contributed by atoms with van der Waals surface area (Å²) in [4.78, 5) is 27.1. The summed E-state index contributed by atoms with van der Waals surface area (Å²) in [5, 5.41) is 8.13. The molecule has 0 saturated heterocycles. The van der Waals surface area contributed by atoms with Crippen LogP contribution in [0.15, 0.2) is 103 Å². The highest BCUT2D eigenvalue weighted by molar-refractivity contribution is 6.00. The molecule has 0 spiro atoms. The minimum absolute atomic E-state index is 0.0135. The number of aromatic nitrogens is 2. The number of benzene rings is 2. The third-order valence-corrected chi connectivity index (χ3v) is 6.75. The molecule has 210 valence electrons. The quantitative estimate of drug-likeness (QED) is 0.292. The van der Waals surface area contributed by atoms with Crippen LogP contribution in [-0.4, -0.2) is 48.1 Å². The minimum atomic E-state index is -0.855. The van der Waals surface area contributed by atoms with E-state index in [2.05, 4.69) is 18.5 Å². The number of allylic oxidation sites excluding steroid dienone is 2. The lowest BCUT2D eigenvalue weighted by Gasteiger charge is -2.30. The molecule has 2 aliphatic rings. The van der Waals surface area contributed by atoms with Gasteiger partial charge in [-0.3, -0.25) is 0 Å². The molecule has 0 atom stereocenters. The van der Waals surface area contributed by atoms with E-state index in [0.717, 1.165) is 11.3 Å². The normalized spacial score (nSPS) is 14.8. The maximum atomic E-state index is 13.5. The Kier molecular flexibility index (Phi) is 8.05. The van der Waals surface area contributed by atoms with Crippen molar-refractivity contribution in [1.29, 1.82) is 0 Å². The number of esters is 2. The second-order valence-corrected chi connectivity index (χ2v) is 9.48. The predicted molar refractivity (Wildman–Crippen MR) is 154 cm³/mol. The summed E-state index contributed by atoms with van der Waals surface area (Å²) in [6.07, 6.45) is 4.82. The van der Waals surface area contributed by atoms with Gasteiger partial charge in [-0.1, -0.05) is 43.5 Å². The Morgan fingerprint density at radius 3 is 2.17 bits per heavy atom. The molecule has 0 amide bonds. The highest BCUT2D eigenvalue weighted by atomic mass is 16.6. The van der Waals surface area contributed by atoms with Gasteiger partial charge in [-0.2, -0.15) is 5.10 Å². The summed E-state index contributed by atoms with van der Waals surface area (Å²) in [6, 6.07) is 15.2. The van der Waals surface area contributed by atoms with Gasteiger partial charge in [0.25, 0.3) is 0 Å². The molecular formula is C32H31N3O6. The van der Waals surface area contributed by atoms with Crippen LogP contribution in [0.2, 0.25) is 0 Å². The van der Waals surface area contributed by atoms with E-state index in [0.29, 0.717) is 47.4 Å². The van der Waals surface area contributed by atoms with E-state index in [1.54, 1.807) is 18.5 Å². The molecule has 0 radical (unpaired) electrons. The standard InChI is InChI=1S/C32H31N3O6/c1-5-14-40-31(36)27-20(3)33-21(4)28(32(37)41-15-6-2)29(27)24-19-35(23-10-8-7-9-11-23)34-30(24)22-12-13-25-26(18-22)39-17-16-38-25/h5-13,18-19,29,33H,1-2,14-17H2,3-4H3. The lowest BCUT2D eigenvalue weighted by atomic mass is 9.79. The molecule has 2 aromatic carbocycles. The molecule has 0 aliphatic carbocycles. The van der Waals surface area contributed by atoms with Crippen molar-refractivity contribution in [3.8, 4) is 28.4 Å². The van der Waals surface area contributed by atoms with E-state index in [1.165, 1.54) is 12.2 Å². The van der Waals surface area contributed by atoms with E-state index in [1.807, 2.05) is 54.7 Å². The van der Waals surface area contributed by atoms with Gasteiger partial charge in [0.05, 0.1) is 28.4 Å². The molecule has 1 N–H and O–H groups in total. The highest BCUT2D eigenvalue weighted by Crippen LogP contribution is 2.44. The van der Waals surface area contributed by atoms with E-state index in [4.69, 9.17) is 24.0 Å². The fourth-order valence-corrected chi connectivity index (χ4v) is 5.00. The van der Waals surface area contributed by atoms with Crippen LogP contribution in [0.3, 0.4) is 0 Å². The Bertz CT molecular complexity index is 1520. The Balaban J connectivity index is 1.74. The van der Waals surface area contributed by atoms with Gasteiger partial charge in [-0.25, -0.2) is 14.3 Å². The van der Waals surface area contributed by atoms with Gasteiger partial charge in [-0.15, -0.1) is 0 Å². The second-order valence-electron chi connectivity index (χ2n) is 9.48. The number of hydrogen-bond acceptors (Lipinski definition) is 8. The van der Waals surface area contributed by atoms with Crippen molar-refractivity contribution in [3.05, 3.63) is 108 Å². The van der Waals surface area contributed by atoms with Crippen molar-refractivity contribution < 1.29 is 28.5 Å². The van der Waals surface area contributed by atoms with Gasteiger partial charge in [0, 0.05) is 28.7 Å². The summed E-state index contributed by atoms with van der Waals surface area (Å²) in [7, 11) is 0. The van der Waals surface area contributed by atoms with Crippen molar-refractivity contribution in [2.75, 3.05) is 26.4 Å². The molecule has 0 saturated carbocycles. The van der Waals surface area contributed by atoms with Gasteiger partial charge in [0.1, 0.15) is 26.4 Å². The smallest absolute Gasteiger partial charge is 0.337 e. The van der Waals surface area contributed by atoms with Crippen LogP contribution in [0.1, 0.15) is 25.3 Å². The van der Waals surface area contributed by atoms with Gasteiger partial charge >= 0.3 is 11.9 Å². The number of carbonyl (C=O) groups is 2. The number of dihydropyridines is 1. The Labute approximate surface area is 238 Å². The third kappa shape index (κ3) is 5.51. The summed E-state index contributed by atoms with van der Waals surface area (Å²) in [5.74, 6) is -0.788. The average molecular weight is 554 g/mol. The first-order valence-electron chi connectivity index (χ1n) is 13.2. The van der Waals surface area contributed by atoms with Crippen LogP contribution in [0.5, 0.6) is 11.5 Å². The van der Waals surface area contributed by atoms with Gasteiger partial charge in [0.15, 0.2) is 11.5 Å². The van der Waals surface area contributed by atoms with Crippen molar-refractivity contribution in [1.82, 2.24) is 15.1 Å². The number of nitrogens with zero attached hydrogens (tertiary/aromatic N) is 2. The zero-order chi connectivity index (χ0) is 28.9. The number of hydrogen-bond donors (Lipinski definition) is 1.